The Bertz CT molecular complexity index is 567. The molecule has 9 heteroatoms. The number of aliphatic hydroxyl groups is 1. The summed E-state index contributed by atoms with van der Waals surface area (Å²) in [4.78, 5) is 10.9. The van der Waals surface area contributed by atoms with Crippen LogP contribution < -0.4 is 0 Å². The highest BCUT2D eigenvalue weighted by molar-refractivity contribution is 7.89. The molecule has 0 aliphatic carbocycles. The van der Waals surface area contributed by atoms with Gasteiger partial charge in [-0.25, -0.2) is 8.42 Å². The van der Waals surface area contributed by atoms with E-state index in [1.165, 1.54) is 10.9 Å². The summed E-state index contributed by atoms with van der Waals surface area (Å²) in [7, 11) is -2.37. The summed E-state index contributed by atoms with van der Waals surface area (Å²) in [5, 5.41) is 22.2. The highest BCUT2D eigenvalue weighted by Gasteiger charge is 2.43. The zero-order chi connectivity index (χ0) is 13.5. The molecule has 0 spiro atoms. The molecule has 1 saturated heterocycles. The minimum Gasteiger partial charge on any atom is -0.480 e. The monoisotopic (exact) mass is 275 g/mol. The number of hydrogen-bond donors (Lipinski definition) is 2. The van der Waals surface area contributed by atoms with Gasteiger partial charge in [0.05, 0.1) is 12.3 Å². The molecule has 1 aromatic heterocycles. The van der Waals surface area contributed by atoms with E-state index in [-0.39, 0.29) is 17.9 Å². The molecular formula is C9H13N3O5S. The summed E-state index contributed by atoms with van der Waals surface area (Å²) in [6.07, 6.45) is 1.38. The molecular weight excluding hydrogens is 262 g/mol. The lowest BCUT2D eigenvalue weighted by molar-refractivity contribution is -0.140. The van der Waals surface area contributed by atoms with E-state index in [4.69, 9.17) is 5.11 Å². The first-order valence-electron chi connectivity index (χ1n) is 5.23. The zero-order valence-electron chi connectivity index (χ0n) is 9.59. The number of rotatable bonds is 3. The summed E-state index contributed by atoms with van der Waals surface area (Å²) in [5.74, 6) is -1.26. The van der Waals surface area contributed by atoms with Gasteiger partial charge in [-0.3, -0.25) is 9.48 Å². The molecule has 18 heavy (non-hydrogen) atoms. The van der Waals surface area contributed by atoms with E-state index in [0.29, 0.717) is 0 Å². The third kappa shape index (κ3) is 2.11. The van der Waals surface area contributed by atoms with Gasteiger partial charge >= 0.3 is 5.97 Å². The van der Waals surface area contributed by atoms with Gasteiger partial charge in [0.2, 0.25) is 10.0 Å². The molecule has 1 fully saturated rings. The number of nitrogens with zero attached hydrogens (tertiary/aromatic N) is 3. The summed E-state index contributed by atoms with van der Waals surface area (Å²) in [6.45, 7) is -0.214. The lowest BCUT2D eigenvalue weighted by Gasteiger charge is -2.19. The second kappa shape index (κ2) is 4.34. The summed E-state index contributed by atoms with van der Waals surface area (Å²) >= 11 is 0. The number of carboxylic acid groups (broad SMARTS) is 1. The molecule has 2 rings (SSSR count). The minimum atomic E-state index is -3.94. The Balaban J connectivity index is 2.38. The van der Waals surface area contributed by atoms with E-state index in [1.807, 2.05) is 0 Å². The Kier molecular flexibility index (Phi) is 3.13. The predicted molar refractivity (Wildman–Crippen MR) is 59.1 cm³/mol. The van der Waals surface area contributed by atoms with Crippen LogP contribution in [0.4, 0.5) is 0 Å². The fourth-order valence-electron chi connectivity index (χ4n) is 1.94. The third-order valence-corrected chi connectivity index (χ3v) is 4.63. The Morgan fingerprint density at radius 1 is 1.56 bits per heavy atom. The maximum absolute atomic E-state index is 12.2. The van der Waals surface area contributed by atoms with Gasteiger partial charge in [0.1, 0.15) is 10.9 Å². The van der Waals surface area contributed by atoms with Crippen molar-refractivity contribution in [2.24, 2.45) is 7.05 Å². The maximum Gasteiger partial charge on any atom is 0.322 e. The van der Waals surface area contributed by atoms with Gasteiger partial charge in [0.25, 0.3) is 0 Å². The second-order valence-electron chi connectivity index (χ2n) is 4.17. The topological polar surface area (TPSA) is 113 Å². The van der Waals surface area contributed by atoms with Crippen LogP contribution in [0.25, 0.3) is 0 Å². The van der Waals surface area contributed by atoms with E-state index in [2.05, 4.69) is 5.10 Å². The maximum atomic E-state index is 12.2. The van der Waals surface area contributed by atoms with Crippen LogP contribution in [0.2, 0.25) is 0 Å². The van der Waals surface area contributed by atoms with E-state index in [9.17, 15) is 18.3 Å². The summed E-state index contributed by atoms with van der Waals surface area (Å²) in [5.41, 5.74) is 0. The summed E-state index contributed by atoms with van der Waals surface area (Å²) < 4.78 is 26.5. The SMILES string of the molecule is Cn1cc(S(=O)(=O)N2CC(O)C[C@H]2C(=O)O)cn1. The number of aryl methyl sites for hydroxylation is 1. The summed E-state index contributed by atoms with van der Waals surface area (Å²) in [6, 6.07) is -1.23. The van der Waals surface area contributed by atoms with Crippen molar-refractivity contribution in [3.05, 3.63) is 12.4 Å². The van der Waals surface area contributed by atoms with Crippen molar-refractivity contribution in [3.8, 4) is 0 Å². The largest absolute Gasteiger partial charge is 0.480 e. The first-order valence-corrected chi connectivity index (χ1v) is 6.67. The van der Waals surface area contributed by atoms with Crippen LogP contribution in [-0.2, 0) is 21.9 Å². The van der Waals surface area contributed by atoms with Crippen LogP contribution in [0.1, 0.15) is 6.42 Å². The zero-order valence-corrected chi connectivity index (χ0v) is 10.4. The van der Waals surface area contributed by atoms with Crippen LogP contribution >= 0.6 is 0 Å². The van der Waals surface area contributed by atoms with Crippen molar-refractivity contribution in [3.63, 3.8) is 0 Å². The minimum absolute atomic E-state index is 0.0784. The first-order chi connectivity index (χ1) is 8.32. The van der Waals surface area contributed by atoms with Gasteiger partial charge in [0.15, 0.2) is 0 Å². The molecule has 2 atom stereocenters. The van der Waals surface area contributed by atoms with Crippen molar-refractivity contribution in [1.82, 2.24) is 14.1 Å². The average molecular weight is 275 g/mol. The molecule has 1 aliphatic heterocycles. The molecule has 0 aromatic carbocycles. The first kappa shape index (κ1) is 13.0. The standard InChI is InChI=1S/C9H13N3O5S/c1-11-5-7(3-10-11)18(16,17)12-4-6(13)2-8(12)9(14)15/h3,5-6,8,13H,2,4H2,1H3,(H,14,15)/t6?,8-/m0/s1. The van der Waals surface area contributed by atoms with Gasteiger partial charge in [-0.1, -0.05) is 0 Å². The molecule has 0 amide bonds. The van der Waals surface area contributed by atoms with Crippen molar-refractivity contribution in [2.75, 3.05) is 6.54 Å². The van der Waals surface area contributed by atoms with Gasteiger partial charge < -0.3 is 10.2 Å². The molecule has 1 aromatic rings. The number of carbonyl (C=O) groups is 1. The van der Waals surface area contributed by atoms with Crippen LogP contribution in [-0.4, -0.2) is 57.4 Å². The average Bonchev–Trinajstić information content (AvgIpc) is 2.84. The smallest absolute Gasteiger partial charge is 0.322 e. The van der Waals surface area contributed by atoms with Crippen molar-refractivity contribution >= 4 is 16.0 Å². The number of carboxylic acids is 1. The van der Waals surface area contributed by atoms with Crippen molar-refractivity contribution in [2.45, 2.75) is 23.5 Å². The van der Waals surface area contributed by atoms with E-state index in [0.717, 1.165) is 10.5 Å². The van der Waals surface area contributed by atoms with Gasteiger partial charge in [-0.05, 0) is 0 Å². The highest BCUT2D eigenvalue weighted by atomic mass is 32.2. The quantitative estimate of drug-likeness (QED) is 0.703. The molecule has 0 radical (unpaired) electrons. The van der Waals surface area contributed by atoms with Gasteiger partial charge in [0, 0.05) is 26.2 Å². The van der Waals surface area contributed by atoms with E-state index < -0.39 is 28.1 Å². The Hall–Kier alpha value is -1.45. The number of aromatic nitrogens is 2. The van der Waals surface area contributed by atoms with E-state index >= 15 is 0 Å². The van der Waals surface area contributed by atoms with Crippen LogP contribution in [0.15, 0.2) is 17.3 Å². The molecule has 0 bridgehead atoms. The molecule has 1 aliphatic rings. The van der Waals surface area contributed by atoms with Crippen LogP contribution in [0.3, 0.4) is 0 Å². The molecule has 2 heterocycles. The lowest BCUT2D eigenvalue weighted by atomic mass is 10.2. The number of sulfonamides is 1. The Labute approximate surface area is 103 Å². The van der Waals surface area contributed by atoms with Crippen molar-refractivity contribution < 1.29 is 23.4 Å². The molecule has 2 N–H and O–H groups in total. The number of aliphatic carboxylic acids is 1. The fraction of sp³-hybridized carbons (Fsp3) is 0.556. The molecule has 100 valence electrons. The highest BCUT2D eigenvalue weighted by Crippen LogP contribution is 2.26. The molecule has 1 unspecified atom stereocenters. The lowest BCUT2D eigenvalue weighted by Crippen LogP contribution is -2.40. The van der Waals surface area contributed by atoms with Gasteiger partial charge in [-0.2, -0.15) is 9.40 Å². The Morgan fingerprint density at radius 3 is 2.72 bits per heavy atom. The number of hydrogen-bond acceptors (Lipinski definition) is 5. The predicted octanol–water partition coefficient (Wildman–Crippen LogP) is -1.37. The third-order valence-electron chi connectivity index (χ3n) is 2.81. The number of aliphatic hydroxyl groups excluding tert-OH is 1. The second-order valence-corrected chi connectivity index (χ2v) is 6.06. The number of β-amino-alcohol motifs (C(OH)–C–C–N with tert-alkyl or cyclic N) is 1. The van der Waals surface area contributed by atoms with E-state index in [1.54, 1.807) is 7.05 Å². The Morgan fingerprint density at radius 2 is 2.22 bits per heavy atom. The molecule has 8 nitrogen and oxygen atoms in total. The normalized spacial score (nSPS) is 25.4. The molecule has 0 saturated carbocycles. The van der Waals surface area contributed by atoms with Crippen LogP contribution in [0.5, 0.6) is 0 Å². The van der Waals surface area contributed by atoms with Crippen LogP contribution in [0, 0.1) is 0 Å². The van der Waals surface area contributed by atoms with Crippen molar-refractivity contribution in [1.29, 1.82) is 0 Å². The fourth-order valence-corrected chi connectivity index (χ4v) is 3.56. The van der Waals surface area contributed by atoms with Gasteiger partial charge in [-0.15, -0.1) is 0 Å².